The molecule has 3 heterocycles. The van der Waals surface area contributed by atoms with Crippen LogP contribution in [0.1, 0.15) is 72.6 Å². The first-order valence-corrected chi connectivity index (χ1v) is 19.5. The lowest BCUT2D eigenvalue weighted by Crippen LogP contribution is -2.59. The van der Waals surface area contributed by atoms with Crippen molar-refractivity contribution in [2.45, 2.75) is 102 Å². The van der Waals surface area contributed by atoms with Crippen LogP contribution in [0.2, 0.25) is 0 Å². The number of hydrogen-bond acceptors (Lipinski definition) is 11. The van der Waals surface area contributed by atoms with E-state index in [4.69, 9.17) is 14.2 Å². The zero-order valence-corrected chi connectivity index (χ0v) is 32.8. The molecule has 4 amide bonds. The van der Waals surface area contributed by atoms with E-state index in [1.54, 1.807) is 45.2 Å². The van der Waals surface area contributed by atoms with Gasteiger partial charge in [-0.1, -0.05) is 33.8 Å². The molecular formula is C39H47FN6O9S. The van der Waals surface area contributed by atoms with E-state index in [0.29, 0.717) is 10.8 Å². The van der Waals surface area contributed by atoms with E-state index in [1.807, 2.05) is 0 Å². The standard InChI is InChI=1S/C39H47FN6O9S/c1-7-20-17-39(20,36(50)51)45-33(48)25-15-22(18-46(25)35(49)32(38(3,4)5)44-37(52)55-21-11-9-10-12-21)54-27-16-24(34-43-28(19-56-34)42-29(47)8-2)41-31-23(27)13-14-26(53-6)30(31)40/h7,13-14,16,19-22,25,32H,1,8-12,15,17-18H2,2-6H3,(H,42,47)(H,44,52)(H,45,48)(H,50,51)/t20-,22-,25+,32-,39-/m1/s1. The maximum absolute atomic E-state index is 15.8. The fraction of sp³-hybridized carbons (Fsp3) is 0.513. The van der Waals surface area contributed by atoms with Crippen molar-refractivity contribution in [1.29, 1.82) is 0 Å². The Bertz CT molecular complexity index is 2050. The van der Waals surface area contributed by atoms with Gasteiger partial charge in [-0.3, -0.25) is 14.4 Å². The lowest BCUT2D eigenvalue weighted by Gasteiger charge is -2.35. The van der Waals surface area contributed by atoms with Crippen molar-refractivity contribution in [2.75, 3.05) is 19.0 Å². The molecule has 5 atom stereocenters. The summed E-state index contributed by atoms with van der Waals surface area (Å²) in [6, 6.07) is 2.22. The van der Waals surface area contributed by atoms with Gasteiger partial charge >= 0.3 is 12.1 Å². The highest BCUT2D eigenvalue weighted by Crippen LogP contribution is 2.45. The quantitative estimate of drug-likeness (QED) is 0.161. The van der Waals surface area contributed by atoms with E-state index in [0.717, 1.165) is 25.7 Å². The van der Waals surface area contributed by atoms with Gasteiger partial charge in [0.15, 0.2) is 11.6 Å². The number of thiazole rings is 1. The highest BCUT2D eigenvalue weighted by atomic mass is 32.1. The molecule has 4 N–H and O–H groups in total. The van der Waals surface area contributed by atoms with E-state index in [-0.39, 0.29) is 65.9 Å². The fourth-order valence-electron chi connectivity index (χ4n) is 7.25. The van der Waals surface area contributed by atoms with Crippen LogP contribution in [0, 0.1) is 17.2 Å². The lowest BCUT2D eigenvalue weighted by atomic mass is 9.85. The SMILES string of the molecule is C=C[C@@H]1C[C@]1(NC(=O)[C@@H]1C[C@@H](Oc2cc(-c3nc(NC(=O)CC)cs3)nc3c(F)c(OC)ccc23)CN1C(=O)[C@@H](NC(=O)OC1CCCC1)C(C)(C)C)C(=O)O. The van der Waals surface area contributed by atoms with E-state index in [1.165, 1.54) is 35.5 Å². The number of amides is 4. The smallest absolute Gasteiger partial charge is 0.408 e. The van der Waals surface area contributed by atoms with Crippen LogP contribution in [0.5, 0.6) is 11.5 Å². The molecule has 2 aliphatic carbocycles. The van der Waals surface area contributed by atoms with Gasteiger partial charge in [0.25, 0.3) is 0 Å². The van der Waals surface area contributed by atoms with E-state index >= 15 is 4.39 Å². The second-order valence-corrected chi connectivity index (χ2v) is 16.3. The summed E-state index contributed by atoms with van der Waals surface area (Å²) in [4.78, 5) is 76.4. The van der Waals surface area contributed by atoms with Crippen LogP contribution in [0.4, 0.5) is 15.0 Å². The summed E-state index contributed by atoms with van der Waals surface area (Å²) in [5, 5.41) is 20.4. The minimum atomic E-state index is -1.57. The van der Waals surface area contributed by atoms with Crippen LogP contribution in [-0.2, 0) is 23.9 Å². The Hall–Kier alpha value is -5.32. The molecule has 2 aromatic heterocycles. The van der Waals surface area contributed by atoms with Gasteiger partial charge in [-0.2, -0.15) is 0 Å². The molecule has 3 aromatic rings. The van der Waals surface area contributed by atoms with Crippen LogP contribution in [0.3, 0.4) is 0 Å². The molecule has 0 unspecified atom stereocenters. The number of methoxy groups -OCH3 is 1. The van der Waals surface area contributed by atoms with Crippen LogP contribution in [0.25, 0.3) is 21.6 Å². The van der Waals surface area contributed by atoms with Crippen LogP contribution in [0.15, 0.2) is 36.2 Å². The molecule has 17 heteroatoms. The number of ether oxygens (including phenoxy) is 3. The number of benzene rings is 1. The third-order valence-corrected chi connectivity index (χ3v) is 11.4. The number of carbonyl (C=O) groups is 5. The van der Waals surface area contributed by atoms with Crippen molar-refractivity contribution < 1.29 is 47.7 Å². The van der Waals surface area contributed by atoms with Crippen molar-refractivity contribution in [1.82, 2.24) is 25.5 Å². The molecule has 6 rings (SSSR count). The number of fused-ring (bicyclic) bond motifs is 1. The molecule has 2 saturated carbocycles. The number of likely N-dealkylation sites (tertiary alicyclic amines) is 1. The number of halogens is 1. The minimum absolute atomic E-state index is 0.0602. The number of nitrogens with one attached hydrogen (secondary N) is 3. The normalized spacial score (nSPS) is 22.6. The molecule has 3 fully saturated rings. The van der Waals surface area contributed by atoms with Crippen LogP contribution < -0.4 is 25.4 Å². The second kappa shape index (κ2) is 16.0. The molecule has 0 spiro atoms. The Morgan fingerprint density at radius 1 is 1.14 bits per heavy atom. The zero-order chi connectivity index (χ0) is 40.5. The minimum Gasteiger partial charge on any atom is -0.494 e. The molecule has 0 bridgehead atoms. The average molecular weight is 795 g/mol. The first-order chi connectivity index (χ1) is 26.6. The monoisotopic (exact) mass is 794 g/mol. The molecule has 300 valence electrons. The predicted octanol–water partition coefficient (Wildman–Crippen LogP) is 5.43. The summed E-state index contributed by atoms with van der Waals surface area (Å²) >= 11 is 1.17. The molecule has 1 saturated heterocycles. The van der Waals surface area contributed by atoms with Crippen molar-refractivity contribution in [3.63, 3.8) is 0 Å². The Morgan fingerprint density at radius 2 is 1.88 bits per heavy atom. The topological polar surface area (TPSA) is 198 Å². The number of carboxylic acid groups (broad SMARTS) is 1. The Balaban J connectivity index is 1.34. The molecule has 56 heavy (non-hydrogen) atoms. The number of rotatable bonds is 13. The van der Waals surface area contributed by atoms with Gasteiger partial charge in [-0.15, -0.1) is 17.9 Å². The van der Waals surface area contributed by atoms with Crippen molar-refractivity contribution >= 4 is 57.8 Å². The summed E-state index contributed by atoms with van der Waals surface area (Å²) < 4.78 is 33.2. The van der Waals surface area contributed by atoms with Gasteiger partial charge in [0.05, 0.1) is 13.7 Å². The number of hydrogen-bond donors (Lipinski definition) is 4. The van der Waals surface area contributed by atoms with E-state index < -0.39 is 64.8 Å². The third kappa shape index (κ3) is 8.27. The summed E-state index contributed by atoms with van der Waals surface area (Å²) in [5.74, 6) is -3.62. The number of anilines is 1. The summed E-state index contributed by atoms with van der Waals surface area (Å²) in [6.45, 7) is 10.6. The van der Waals surface area contributed by atoms with E-state index in [2.05, 4.69) is 32.5 Å². The molecule has 3 aliphatic rings. The summed E-state index contributed by atoms with van der Waals surface area (Å²) in [5.41, 5.74) is -2.27. The van der Waals surface area contributed by atoms with Gasteiger partial charge in [0.1, 0.15) is 57.6 Å². The van der Waals surface area contributed by atoms with Crippen LogP contribution in [-0.4, -0.2) is 93.2 Å². The molecule has 1 aliphatic heterocycles. The lowest BCUT2D eigenvalue weighted by molar-refractivity contribution is -0.146. The predicted molar refractivity (Wildman–Crippen MR) is 205 cm³/mol. The number of pyridine rings is 1. The van der Waals surface area contributed by atoms with Gasteiger partial charge in [-0.25, -0.2) is 23.9 Å². The number of alkyl carbamates (subject to hydrolysis) is 1. The fourth-order valence-corrected chi connectivity index (χ4v) is 7.96. The highest BCUT2D eigenvalue weighted by molar-refractivity contribution is 7.13. The molecule has 0 radical (unpaired) electrons. The van der Waals surface area contributed by atoms with Gasteiger partial charge in [-0.05, 0) is 49.7 Å². The number of aromatic nitrogens is 2. The molecule has 1 aromatic carbocycles. The summed E-state index contributed by atoms with van der Waals surface area (Å²) in [7, 11) is 1.33. The van der Waals surface area contributed by atoms with Gasteiger partial charge in [0.2, 0.25) is 17.7 Å². The van der Waals surface area contributed by atoms with Crippen LogP contribution >= 0.6 is 11.3 Å². The zero-order valence-electron chi connectivity index (χ0n) is 32.0. The van der Waals surface area contributed by atoms with Gasteiger partial charge in [0, 0.05) is 35.6 Å². The van der Waals surface area contributed by atoms with Gasteiger partial charge < -0.3 is 40.2 Å². The first kappa shape index (κ1) is 40.3. The second-order valence-electron chi connectivity index (χ2n) is 15.5. The third-order valence-electron chi connectivity index (χ3n) is 10.5. The number of aliphatic carboxylic acids is 1. The van der Waals surface area contributed by atoms with Crippen molar-refractivity contribution in [3.8, 4) is 22.2 Å². The highest BCUT2D eigenvalue weighted by Gasteiger charge is 2.61. The largest absolute Gasteiger partial charge is 0.494 e. The Kier molecular flexibility index (Phi) is 11.6. The average Bonchev–Trinajstić information content (AvgIpc) is 3.57. The van der Waals surface area contributed by atoms with Crippen molar-refractivity contribution in [2.24, 2.45) is 11.3 Å². The maximum Gasteiger partial charge on any atom is 0.408 e. The first-order valence-electron chi connectivity index (χ1n) is 18.6. The van der Waals surface area contributed by atoms with Crippen molar-refractivity contribution in [3.05, 3.63) is 42.1 Å². The molecular weight excluding hydrogens is 748 g/mol. The number of carboxylic acids is 1. The Morgan fingerprint density at radius 3 is 2.50 bits per heavy atom. The summed E-state index contributed by atoms with van der Waals surface area (Å²) in [6.07, 6.45) is 3.24. The number of nitrogens with zero attached hydrogens (tertiary/aromatic N) is 3. The Labute approximate surface area is 327 Å². The maximum atomic E-state index is 15.8. The molecule has 15 nitrogen and oxygen atoms in total. The number of carbonyl (C=O) groups excluding carboxylic acids is 4. The van der Waals surface area contributed by atoms with E-state index in [9.17, 15) is 29.1 Å².